The van der Waals surface area contributed by atoms with Crippen LogP contribution < -0.4 is 10.6 Å². The van der Waals surface area contributed by atoms with Gasteiger partial charge in [0, 0.05) is 33.1 Å². The number of hydrogen-bond donors (Lipinski definition) is 1. The Balaban J connectivity index is 1.93. The zero-order valence-electron chi connectivity index (χ0n) is 10.8. The van der Waals surface area contributed by atoms with Gasteiger partial charge in [0.05, 0.1) is 0 Å². The Bertz CT molecular complexity index is 666. The number of hydrogen-bond acceptors (Lipinski definition) is 7. The summed E-state index contributed by atoms with van der Waals surface area (Å²) in [5, 5.41) is 0. The Morgan fingerprint density at radius 1 is 1.25 bits per heavy atom. The van der Waals surface area contributed by atoms with Crippen molar-refractivity contribution in [3.63, 3.8) is 0 Å². The molecule has 3 rings (SSSR count). The van der Waals surface area contributed by atoms with Gasteiger partial charge in [-0.3, -0.25) is 4.79 Å². The van der Waals surface area contributed by atoms with E-state index in [0.717, 1.165) is 10.5 Å². The van der Waals surface area contributed by atoms with Crippen LogP contribution in [0.4, 0.5) is 11.8 Å². The molecule has 1 amide bonds. The van der Waals surface area contributed by atoms with Crippen LogP contribution in [0, 0.1) is 0 Å². The summed E-state index contributed by atoms with van der Waals surface area (Å²) in [5.41, 5.74) is 6.25. The Morgan fingerprint density at radius 3 is 2.60 bits per heavy atom. The Labute approximate surface area is 124 Å². The normalized spacial score (nSPS) is 15.9. The van der Waals surface area contributed by atoms with Crippen molar-refractivity contribution in [3.8, 4) is 0 Å². The Morgan fingerprint density at radius 2 is 1.95 bits per heavy atom. The quantitative estimate of drug-likeness (QED) is 0.845. The summed E-state index contributed by atoms with van der Waals surface area (Å²) < 4.78 is 1.25. The van der Waals surface area contributed by atoms with Gasteiger partial charge in [-0.1, -0.05) is 22.9 Å². The van der Waals surface area contributed by atoms with Gasteiger partial charge in [0.25, 0.3) is 0 Å². The predicted octanol–water partition coefficient (Wildman–Crippen LogP) is 0.990. The maximum atomic E-state index is 11.3. The Hall–Kier alpha value is -1.67. The molecular weight excluding hydrogens is 300 g/mol. The standard InChI is InChI=1S/C11H13ClN6OS/c1-6(19)17-2-4-18(5-3-17)9-7-8(14-10(12)20-7)15-11(13)16-9/h2-5H2,1H3,(H2,13,15,16). The van der Waals surface area contributed by atoms with E-state index in [4.69, 9.17) is 17.3 Å². The van der Waals surface area contributed by atoms with Crippen molar-refractivity contribution < 1.29 is 4.79 Å². The van der Waals surface area contributed by atoms with Crippen molar-refractivity contribution in [2.75, 3.05) is 36.8 Å². The third-order valence-electron chi connectivity index (χ3n) is 3.25. The first-order valence-corrected chi connectivity index (χ1v) is 7.34. The van der Waals surface area contributed by atoms with Gasteiger partial charge >= 0.3 is 0 Å². The first-order valence-electron chi connectivity index (χ1n) is 6.14. The summed E-state index contributed by atoms with van der Waals surface area (Å²) in [6.45, 7) is 4.35. The lowest BCUT2D eigenvalue weighted by Crippen LogP contribution is -2.48. The topological polar surface area (TPSA) is 88.2 Å². The minimum Gasteiger partial charge on any atom is -0.368 e. The van der Waals surface area contributed by atoms with E-state index >= 15 is 0 Å². The number of fused-ring (bicyclic) bond motifs is 1. The lowest BCUT2D eigenvalue weighted by atomic mass is 10.3. The van der Waals surface area contributed by atoms with Crippen LogP contribution in [0.1, 0.15) is 6.92 Å². The molecule has 1 aliphatic heterocycles. The van der Waals surface area contributed by atoms with Crippen LogP contribution in [0.5, 0.6) is 0 Å². The number of nitrogen functional groups attached to an aromatic ring is 1. The highest BCUT2D eigenvalue weighted by molar-refractivity contribution is 7.22. The number of nitrogens with two attached hydrogens (primary N) is 1. The van der Waals surface area contributed by atoms with E-state index in [1.54, 1.807) is 6.92 Å². The van der Waals surface area contributed by atoms with Gasteiger partial charge in [0.2, 0.25) is 11.9 Å². The van der Waals surface area contributed by atoms with Crippen molar-refractivity contribution in [2.24, 2.45) is 0 Å². The van der Waals surface area contributed by atoms with Gasteiger partial charge in [-0.05, 0) is 0 Å². The third kappa shape index (κ3) is 2.36. The summed E-state index contributed by atoms with van der Waals surface area (Å²) in [6, 6.07) is 0. The number of thiazole rings is 1. The average Bonchev–Trinajstić information content (AvgIpc) is 2.78. The van der Waals surface area contributed by atoms with E-state index in [9.17, 15) is 4.79 Å². The van der Waals surface area contributed by atoms with E-state index < -0.39 is 0 Å². The summed E-state index contributed by atoms with van der Waals surface area (Å²) in [4.78, 5) is 27.8. The first kappa shape index (κ1) is 13.3. The molecule has 1 aliphatic rings. The monoisotopic (exact) mass is 312 g/mol. The highest BCUT2D eigenvalue weighted by atomic mass is 35.5. The lowest BCUT2D eigenvalue weighted by Gasteiger charge is -2.34. The molecule has 2 N–H and O–H groups in total. The molecule has 0 aromatic carbocycles. The molecule has 7 nitrogen and oxygen atoms in total. The molecule has 0 aliphatic carbocycles. The second kappa shape index (κ2) is 5.02. The predicted molar refractivity (Wildman–Crippen MR) is 79.1 cm³/mol. The van der Waals surface area contributed by atoms with Crippen LogP contribution in [-0.2, 0) is 4.79 Å². The molecule has 0 unspecified atom stereocenters. The lowest BCUT2D eigenvalue weighted by molar-refractivity contribution is -0.129. The van der Waals surface area contributed by atoms with E-state index in [-0.39, 0.29) is 11.9 Å². The fourth-order valence-corrected chi connectivity index (χ4v) is 3.31. The van der Waals surface area contributed by atoms with Crippen LogP contribution in [0.2, 0.25) is 4.47 Å². The number of piperazine rings is 1. The molecule has 9 heteroatoms. The highest BCUT2D eigenvalue weighted by Gasteiger charge is 2.23. The molecule has 106 valence electrons. The minimum atomic E-state index is 0.0952. The molecule has 20 heavy (non-hydrogen) atoms. The molecule has 0 atom stereocenters. The van der Waals surface area contributed by atoms with Crippen molar-refractivity contribution in [1.29, 1.82) is 0 Å². The zero-order valence-corrected chi connectivity index (χ0v) is 12.4. The van der Waals surface area contributed by atoms with E-state index in [1.807, 2.05) is 4.90 Å². The van der Waals surface area contributed by atoms with Crippen LogP contribution in [0.25, 0.3) is 10.3 Å². The van der Waals surface area contributed by atoms with Crippen LogP contribution in [0.3, 0.4) is 0 Å². The molecule has 2 aromatic rings. The van der Waals surface area contributed by atoms with Crippen molar-refractivity contribution >= 4 is 51.0 Å². The number of anilines is 2. The summed E-state index contributed by atoms with van der Waals surface area (Å²) in [6.07, 6.45) is 0. The molecule has 1 saturated heterocycles. The molecule has 1 fully saturated rings. The van der Waals surface area contributed by atoms with Gasteiger partial charge in [0.15, 0.2) is 15.9 Å². The summed E-state index contributed by atoms with van der Waals surface area (Å²) in [7, 11) is 0. The SMILES string of the molecule is CC(=O)N1CCN(c2nc(N)nc3nc(Cl)sc23)CC1. The second-order valence-corrected chi connectivity index (χ2v) is 6.10. The number of amides is 1. The number of rotatable bonds is 1. The molecule has 2 aromatic heterocycles. The summed E-state index contributed by atoms with van der Waals surface area (Å²) in [5.74, 6) is 1.03. The molecule has 0 saturated carbocycles. The maximum Gasteiger partial charge on any atom is 0.224 e. The smallest absolute Gasteiger partial charge is 0.224 e. The van der Waals surface area contributed by atoms with Gasteiger partial charge in [-0.25, -0.2) is 4.98 Å². The summed E-state index contributed by atoms with van der Waals surface area (Å²) >= 11 is 7.28. The van der Waals surface area contributed by atoms with Crippen molar-refractivity contribution in [2.45, 2.75) is 6.92 Å². The van der Waals surface area contributed by atoms with Gasteiger partial charge in [-0.2, -0.15) is 9.97 Å². The van der Waals surface area contributed by atoms with Crippen LogP contribution >= 0.6 is 22.9 Å². The maximum absolute atomic E-state index is 11.3. The fourth-order valence-electron chi connectivity index (χ4n) is 2.25. The van der Waals surface area contributed by atoms with Gasteiger partial charge in [-0.15, -0.1) is 0 Å². The van der Waals surface area contributed by atoms with Crippen molar-refractivity contribution in [3.05, 3.63) is 4.47 Å². The van der Waals surface area contributed by atoms with E-state index in [2.05, 4.69) is 19.9 Å². The molecule has 0 radical (unpaired) electrons. The molecular formula is C11H13ClN6OS. The van der Waals surface area contributed by atoms with Crippen LogP contribution in [-0.4, -0.2) is 51.9 Å². The number of carbonyl (C=O) groups excluding carboxylic acids is 1. The number of halogens is 1. The molecule has 0 bridgehead atoms. The highest BCUT2D eigenvalue weighted by Crippen LogP contribution is 2.32. The second-order valence-electron chi connectivity index (χ2n) is 4.52. The Kier molecular flexibility index (Phi) is 3.35. The fraction of sp³-hybridized carbons (Fsp3) is 0.455. The van der Waals surface area contributed by atoms with E-state index in [0.29, 0.717) is 36.3 Å². The third-order valence-corrected chi connectivity index (χ3v) is 4.40. The number of carbonyl (C=O) groups is 1. The van der Waals surface area contributed by atoms with Crippen molar-refractivity contribution in [1.82, 2.24) is 19.9 Å². The van der Waals surface area contributed by atoms with Gasteiger partial charge in [0.1, 0.15) is 4.70 Å². The average molecular weight is 313 g/mol. The van der Waals surface area contributed by atoms with Crippen LogP contribution in [0.15, 0.2) is 0 Å². The minimum absolute atomic E-state index is 0.0952. The number of aromatic nitrogens is 3. The van der Waals surface area contributed by atoms with Gasteiger partial charge < -0.3 is 15.5 Å². The number of nitrogens with zero attached hydrogens (tertiary/aromatic N) is 5. The van der Waals surface area contributed by atoms with E-state index in [1.165, 1.54) is 11.3 Å². The molecule has 0 spiro atoms. The zero-order chi connectivity index (χ0) is 14.3. The largest absolute Gasteiger partial charge is 0.368 e. The first-order chi connectivity index (χ1) is 9.54. The molecule has 3 heterocycles.